The summed E-state index contributed by atoms with van der Waals surface area (Å²) in [6, 6.07) is 3.01. The molecule has 2 rings (SSSR count). The molecule has 7 heteroatoms. The standard InChI is InChI=1S/C11H11F2N3O2/c1-18-6-11-10(5-17)14-15-16(11)9-3-7(12)2-8(13)4-9/h2-4,17H,5-6H2,1H3. The summed E-state index contributed by atoms with van der Waals surface area (Å²) in [4.78, 5) is 0. The fraction of sp³-hybridized carbons (Fsp3) is 0.273. The van der Waals surface area contributed by atoms with Gasteiger partial charge in [0.05, 0.1) is 24.6 Å². The fourth-order valence-corrected chi connectivity index (χ4v) is 1.61. The van der Waals surface area contributed by atoms with Crippen LogP contribution < -0.4 is 0 Å². The number of benzene rings is 1. The number of halogens is 2. The molecule has 0 saturated heterocycles. The van der Waals surface area contributed by atoms with Gasteiger partial charge >= 0.3 is 0 Å². The van der Waals surface area contributed by atoms with E-state index >= 15 is 0 Å². The number of ether oxygens (including phenoxy) is 1. The average Bonchev–Trinajstić information content (AvgIpc) is 2.71. The minimum atomic E-state index is -0.714. The summed E-state index contributed by atoms with van der Waals surface area (Å²) in [5.74, 6) is -1.43. The highest BCUT2D eigenvalue weighted by molar-refractivity contribution is 5.34. The molecule has 5 nitrogen and oxygen atoms in total. The highest BCUT2D eigenvalue weighted by atomic mass is 19.1. The minimum absolute atomic E-state index is 0.126. The van der Waals surface area contributed by atoms with Crippen molar-refractivity contribution in [2.75, 3.05) is 7.11 Å². The van der Waals surface area contributed by atoms with E-state index in [4.69, 9.17) is 9.84 Å². The summed E-state index contributed by atoms with van der Waals surface area (Å²) in [5.41, 5.74) is 0.943. The van der Waals surface area contributed by atoms with Gasteiger partial charge in [-0.1, -0.05) is 5.21 Å². The lowest BCUT2D eigenvalue weighted by Gasteiger charge is -2.07. The van der Waals surface area contributed by atoms with E-state index in [2.05, 4.69) is 10.3 Å². The molecule has 0 aliphatic carbocycles. The Bertz CT molecular complexity index is 537. The van der Waals surface area contributed by atoms with Gasteiger partial charge in [0, 0.05) is 13.2 Å². The van der Waals surface area contributed by atoms with Crippen LogP contribution in [0.15, 0.2) is 18.2 Å². The van der Waals surface area contributed by atoms with Gasteiger partial charge in [0.25, 0.3) is 0 Å². The number of aromatic nitrogens is 3. The molecule has 0 spiro atoms. The van der Waals surface area contributed by atoms with Crippen LogP contribution in [0.3, 0.4) is 0 Å². The molecule has 0 aliphatic rings. The molecule has 0 fully saturated rings. The average molecular weight is 255 g/mol. The molecule has 0 aliphatic heterocycles. The van der Waals surface area contributed by atoms with E-state index in [1.54, 1.807) is 0 Å². The molecule has 0 saturated carbocycles. The van der Waals surface area contributed by atoms with Crippen molar-refractivity contribution in [3.8, 4) is 5.69 Å². The molecule has 0 atom stereocenters. The Morgan fingerprint density at radius 2 is 1.94 bits per heavy atom. The normalized spacial score (nSPS) is 10.9. The molecule has 0 radical (unpaired) electrons. The Hall–Kier alpha value is -1.86. The van der Waals surface area contributed by atoms with Gasteiger partial charge in [0.15, 0.2) is 0 Å². The summed E-state index contributed by atoms with van der Waals surface area (Å²) >= 11 is 0. The summed E-state index contributed by atoms with van der Waals surface area (Å²) in [6.07, 6.45) is 0. The van der Waals surface area contributed by atoms with Gasteiger partial charge in [-0.3, -0.25) is 0 Å². The van der Waals surface area contributed by atoms with Crippen molar-refractivity contribution in [3.63, 3.8) is 0 Å². The molecule has 2 aromatic rings. The lowest BCUT2D eigenvalue weighted by Crippen LogP contribution is -2.06. The molecule has 1 aromatic heterocycles. The quantitative estimate of drug-likeness (QED) is 0.891. The van der Waals surface area contributed by atoms with Crippen LogP contribution in [0.1, 0.15) is 11.4 Å². The minimum Gasteiger partial charge on any atom is -0.390 e. The maximum atomic E-state index is 13.1. The Balaban J connectivity index is 2.52. The van der Waals surface area contributed by atoms with Crippen molar-refractivity contribution in [3.05, 3.63) is 41.2 Å². The van der Waals surface area contributed by atoms with Crippen LogP contribution in [0, 0.1) is 11.6 Å². The van der Waals surface area contributed by atoms with Crippen LogP contribution in [-0.4, -0.2) is 27.2 Å². The summed E-state index contributed by atoms with van der Waals surface area (Å²) < 4.78 is 32.5. The third-order valence-corrected chi connectivity index (χ3v) is 2.37. The molecule has 0 bridgehead atoms. The summed E-state index contributed by atoms with van der Waals surface area (Å²) in [7, 11) is 1.46. The number of nitrogens with zero attached hydrogens (tertiary/aromatic N) is 3. The number of aliphatic hydroxyl groups is 1. The SMILES string of the molecule is COCc1c(CO)nnn1-c1cc(F)cc(F)c1. The number of hydrogen-bond donors (Lipinski definition) is 1. The van der Waals surface area contributed by atoms with Gasteiger partial charge in [-0.15, -0.1) is 5.10 Å². The van der Waals surface area contributed by atoms with Gasteiger partial charge in [-0.25, -0.2) is 13.5 Å². The lowest BCUT2D eigenvalue weighted by atomic mass is 10.2. The van der Waals surface area contributed by atoms with Gasteiger partial charge < -0.3 is 9.84 Å². The van der Waals surface area contributed by atoms with Crippen molar-refractivity contribution >= 4 is 0 Å². The van der Waals surface area contributed by atoms with Gasteiger partial charge in [0.1, 0.15) is 17.3 Å². The van der Waals surface area contributed by atoms with E-state index in [9.17, 15) is 8.78 Å². The molecular formula is C11H11F2N3O2. The zero-order chi connectivity index (χ0) is 13.1. The summed E-state index contributed by atoms with van der Waals surface area (Å²) in [6.45, 7) is -0.197. The van der Waals surface area contributed by atoms with E-state index in [1.807, 2.05) is 0 Å². The number of rotatable bonds is 4. The van der Waals surface area contributed by atoms with Crippen LogP contribution in [-0.2, 0) is 18.0 Å². The number of aliphatic hydroxyl groups excluding tert-OH is 1. The van der Waals surface area contributed by atoms with E-state index in [1.165, 1.54) is 11.8 Å². The van der Waals surface area contributed by atoms with Crippen molar-refractivity contribution in [2.24, 2.45) is 0 Å². The Labute approximate surface area is 102 Å². The second-order valence-corrected chi connectivity index (χ2v) is 3.61. The van der Waals surface area contributed by atoms with Crippen molar-refractivity contribution in [1.29, 1.82) is 0 Å². The fourth-order valence-electron chi connectivity index (χ4n) is 1.61. The second kappa shape index (κ2) is 5.19. The molecule has 96 valence electrons. The predicted molar refractivity (Wildman–Crippen MR) is 57.9 cm³/mol. The Morgan fingerprint density at radius 3 is 2.50 bits per heavy atom. The molecule has 1 N–H and O–H groups in total. The van der Waals surface area contributed by atoms with Crippen molar-refractivity contribution in [1.82, 2.24) is 15.0 Å². The Morgan fingerprint density at radius 1 is 1.28 bits per heavy atom. The summed E-state index contributed by atoms with van der Waals surface area (Å²) in [5, 5.41) is 16.6. The molecule has 0 unspecified atom stereocenters. The first-order valence-electron chi connectivity index (χ1n) is 5.15. The van der Waals surface area contributed by atoms with Gasteiger partial charge in [0.2, 0.25) is 0 Å². The van der Waals surface area contributed by atoms with E-state index in [0.29, 0.717) is 11.4 Å². The maximum Gasteiger partial charge on any atom is 0.128 e. The van der Waals surface area contributed by atoms with Crippen LogP contribution in [0.5, 0.6) is 0 Å². The third-order valence-electron chi connectivity index (χ3n) is 2.37. The largest absolute Gasteiger partial charge is 0.390 e. The van der Waals surface area contributed by atoms with Crippen molar-refractivity contribution < 1.29 is 18.6 Å². The highest BCUT2D eigenvalue weighted by Gasteiger charge is 2.14. The van der Waals surface area contributed by atoms with Gasteiger partial charge in [-0.05, 0) is 12.1 Å². The second-order valence-electron chi connectivity index (χ2n) is 3.61. The van der Waals surface area contributed by atoms with Crippen LogP contribution in [0.25, 0.3) is 5.69 Å². The monoisotopic (exact) mass is 255 g/mol. The zero-order valence-corrected chi connectivity index (χ0v) is 9.60. The highest BCUT2D eigenvalue weighted by Crippen LogP contribution is 2.16. The topological polar surface area (TPSA) is 60.2 Å². The first-order valence-corrected chi connectivity index (χ1v) is 5.15. The predicted octanol–water partition coefficient (Wildman–Crippen LogP) is 1.18. The van der Waals surface area contributed by atoms with Crippen LogP contribution in [0.4, 0.5) is 8.78 Å². The smallest absolute Gasteiger partial charge is 0.128 e. The molecular weight excluding hydrogens is 244 g/mol. The van der Waals surface area contributed by atoms with E-state index < -0.39 is 11.6 Å². The molecule has 1 aromatic carbocycles. The van der Waals surface area contributed by atoms with Crippen molar-refractivity contribution in [2.45, 2.75) is 13.2 Å². The van der Waals surface area contributed by atoms with E-state index in [-0.39, 0.29) is 18.9 Å². The first-order chi connectivity index (χ1) is 8.65. The first kappa shape index (κ1) is 12.6. The molecule has 1 heterocycles. The van der Waals surface area contributed by atoms with Crippen LogP contribution >= 0.6 is 0 Å². The Kier molecular flexibility index (Phi) is 3.63. The van der Waals surface area contributed by atoms with E-state index in [0.717, 1.165) is 18.2 Å². The lowest BCUT2D eigenvalue weighted by molar-refractivity contribution is 0.175. The molecule has 18 heavy (non-hydrogen) atoms. The third kappa shape index (κ3) is 2.36. The van der Waals surface area contributed by atoms with Crippen LogP contribution in [0.2, 0.25) is 0 Å². The number of hydrogen-bond acceptors (Lipinski definition) is 4. The van der Waals surface area contributed by atoms with Gasteiger partial charge in [-0.2, -0.15) is 0 Å². The number of methoxy groups -OCH3 is 1. The zero-order valence-electron chi connectivity index (χ0n) is 9.60. The molecule has 0 amide bonds. The maximum absolute atomic E-state index is 13.1.